The third-order valence-electron chi connectivity index (χ3n) is 3.96. The smallest absolute Gasteiger partial charge is 0.311 e. The average Bonchev–Trinajstić information content (AvgIpc) is 2.53. The van der Waals surface area contributed by atoms with Gasteiger partial charge < -0.3 is 4.74 Å². The molecule has 0 spiro atoms. The summed E-state index contributed by atoms with van der Waals surface area (Å²) in [7, 11) is 0. The van der Waals surface area contributed by atoms with Crippen molar-refractivity contribution >= 4 is 5.97 Å². The molecule has 0 aliphatic heterocycles. The van der Waals surface area contributed by atoms with Crippen LogP contribution >= 0.6 is 0 Å². The van der Waals surface area contributed by atoms with Gasteiger partial charge in [0.2, 0.25) is 0 Å². The lowest BCUT2D eigenvalue weighted by atomic mass is 10.1. The Kier molecular flexibility index (Phi) is 11.4. The molecule has 0 fully saturated rings. The third kappa shape index (κ3) is 10.4. The summed E-state index contributed by atoms with van der Waals surface area (Å²) in [5, 5.41) is 0. The predicted octanol–water partition coefficient (Wildman–Crippen LogP) is 6.29. The van der Waals surface area contributed by atoms with Crippen molar-refractivity contribution in [3.8, 4) is 5.75 Å². The zero-order valence-electron chi connectivity index (χ0n) is 14.2. The minimum Gasteiger partial charge on any atom is -0.427 e. The van der Waals surface area contributed by atoms with Crippen LogP contribution in [0.15, 0.2) is 30.3 Å². The molecule has 0 atom stereocenters. The van der Waals surface area contributed by atoms with E-state index in [1.54, 1.807) is 0 Å². The molecule has 0 radical (unpaired) electrons. The van der Waals surface area contributed by atoms with E-state index >= 15 is 0 Å². The quantitative estimate of drug-likeness (QED) is 0.243. The van der Waals surface area contributed by atoms with Crippen LogP contribution in [0, 0.1) is 0 Å². The van der Waals surface area contributed by atoms with E-state index in [1.165, 1.54) is 57.8 Å². The van der Waals surface area contributed by atoms with Gasteiger partial charge in [0.1, 0.15) is 5.75 Å². The third-order valence-corrected chi connectivity index (χ3v) is 3.96. The summed E-state index contributed by atoms with van der Waals surface area (Å²) in [6, 6.07) is 9.31. The second-order valence-corrected chi connectivity index (χ2v) is 6.07. The molecule has 0 saturated heterocycles. The highest BCUT2D eigenvalue weighted by Gasteiger charge is 2.03. The Morgan fingerprint density at radius 3 is 1.82 bits per heavy atom. The van der Waals surface area contributed by atoms with Gasteiger partial charge in [-0.05, 0) is 18.6 Å². The lowest BCUT2D eigenvalue weighted by Gasteiger charge is -2.04. The van der Waals surface area contributed by atoms with Crippen LogP contribution in [-0.4, -0.2) is 5.97 Å². The van der Waals surface area contributed by atoms with Gasteiger partial charge in [-0.25, -0.2) is 0 Å². The highest BCUT2D eigenvalue weighted by atomic mass is 16.5. The van der Waals surface area contributed by atoms with E-state index in [0.29, 0.717) is 12.2 Å². The first-order valence-corrected chi connectivity index (χ1v) is 9.08. The van der Waals surface area contributed by atoms with E-state index in [0.717, 1.165) is 12.8 Å². The van der Waals surface area contributed by atoms with Crippen LogP contribution in [0.3, 0.4) is 0 Å². The molecule has 124 valence electrons. The van der Waals surface area contributed by atoms with Crippen LogP contribution < -0.4 is 4.74 Å². The first kappa shape index (κ1) is 18.7. The van der Waals surface area contributed by atoms with Gasteiger partial charge in [0.15, 0.2) is 0 Å². The summed E-state index contributed by atoms with van der Waals surface area (Å²) in [5.41, 5.74) is 0. The minimum atomic E-state index is -0.109. The Morgan fingerprint density at radius 2 is 1.27 bits per heavy atom. The number of esters is 1. The Hall–Kier alpha value is -1.31. The van der Waals surface area contributed by atoms with Crippen LogP contribution in [0.2, 0.25) is 0 Å². The molecule has 0 heterocycles. The molecule has 0 N–H and O–H groups in total. The molecule has 1 aromatic carbocycles. The second-order valence-electron chi connectivity index (χ2n) is 6.07. The maximum atomic E-state index is 11.7. The van der Waals surface area contributed by atoms with Crippen molar-refractivity contribution in [2.75, 3.05) is 0 Å². The van der Waals surface area contributed by atoms with Gasteiger partial charge in [-0.3, -0.25) is 4.79 Å². The number of para-hydroxylation sites is 1. The van der Waals surface area contributed by atoms with Crippen molar-refractivity contribution in [3.05, 3.63) is 30.3 Å². The zero-order valence-corrected chi connectivity index (χ0v) is 14.2. The van der Waals surface area contributed by atoms with E-state index in [4.69, 9.17) is 4.74 Å². The first-order chi connectivity index (χ1) is 10.8. The van der Waals surface area contributed by atoms with Crippen LogP contribution in [0.25, 0.3) is 0 Å². The highest BCUT2D eigenvalue weighted by Crippen LogP contribution is 2.13. The van der Waals surface area contributed by atoms with Crippen molar-refractivity contribution in [1.29, 1.82) is 0 Å². The summed E-state index contributed by atoms with van der Waals surface area (Å²) in [5.74, 6) is 0.540. The van der Waals surface area contributed by atoms with Crippen LogP contribution in [0.5, 0.6) is 5.75 Å². The van der Waals surface area contributed by atoms with Gasteiger partial charge >= 0.3 is 5.97 Å². The SMILES string of the molecule is CCCCCCCCCCCCCC(=O)Oc1ccccc1. The molecule has 0 unspecified atom stereocenters. The van der Waals surface area contributed by atoms with Gasteiger partial charge in [-0.2, -0.15) is 0 Å². The molecule has 0 aliphatic rings. The number of hydrogen-bond donors (Lipinski definition) is 0. The maximum absolute atomic E-state index is 11.7. The van der Waals surface area contributed by atoms with Crippen molar-refractivity contribution in [3.63, 3.8) is 0 Å². The normalized spacial score (nSPS) is 10.6. The van der Waals surface area contributed by atoms with E-state index < -0.39 is 0 Å². The van der Waals surface area contributed by atoms with Crippen molar-refractivity contribution in [1.82, 2.24) is 0 Å². The molecule has 0 amide bonds. The van der Waals surface area contributed by atoms with Crippen molar-refractivity contribution in [2.45, 2.75) is 84.0 Å². The van der Waals surface area contributed by atoms with Gasteiger partial charge in [-0.1, -0.05) is 89.3 Å². The summed E-state index contributed by atoms with van der Waals surface area (Å²) in [4.78, 5) is 11.7. The monoisotopic (exact) mass is 304 g/mol. The molecule has 0 saturated carbocycles. The summed E-state index contributed by atoms with van der Waals surface area (Å²) in [6.07, 6.45) is 14.8. The molecule has 22 heavy (non-hydrogen) atoms. The molecule has 2 heteroatoms. The molecule has 1 aromatic rings. The van der Waals surface area contributed by atoms with E-state index in [2.05, 4.69) is 6.92 Å². The molecular formula is C20H32O2. The van der Waals surface area contributed by atoms with E-state index in [9.17, 15) is 4.79 Å². The standard InChI is InChI=1S/C20H32O2/c1-2-3-4-5-6-7-8-9-10-11-15-18-20(21)22-19-16-13-12-14-17-19/h12-14,16-17H,2-11,15,18H2,1H3. The fourth-order valence-electron chi connectivity index (χ4n) is 2.60. The predicted molar refractivity (Wildman–Crippen MR) is 93.2 cm³/mol. The largest absolute Gasteiger partial charge is 0.427 e. The molecule has 0 bridgehead atoms. The number of rotatable bonds is 13. The summed E-state index contributed by atoms with van der Waals surface area (Å²) in [6.45, 7) is 2.26. The molecule has 2 nitrogen and oxygen atoms in total. The Balaban J connectivity index is 1.86. The van der Waals surface area contributed by atoms with Crippen molar-refractivity contribution < 1.29 is 9.53 Å². The molecule has 0 aromatic heterocycles. The fourth-order valence-corrected chi connectivity index (χ4v) is 2.60. The van der Waals surface area contributed by atoms with Gasteiger partial charge in [0, 0.05) is 6.42 Å². The van der Waals surface area contributed by atoms with Crippen LogP contribution in [0.1, 0.15) is 84.0 Å². The number of carbonyl (C=O) groups is 1. The summed E-state index contributed by atoms with van der Waals surface area (Å²) < 4.78 is 5.27. The average molecular weight is 304 g/mol. The molecular weight excluding hydrogens is 272 g/mol. The van der Waals surface area contributed by atoms with E-state index in [-0.39, 0.29) is 5.97 Å². The fraction of sp³-hybridized carbons (Fsp3) is 0.650. The van der Waals surface area contributed by atoms with Crippen molar-refractivity contribution in [2.24, 2.45) is 0 Å². The lowest BCUT2D eigenvalue weighted by molar-refractivity contribution is -0.134. The van der Waals surface area contributed by atoms with Gasteiger partial charge in [0.05, 0.1) is 0 Å². The Morgan fingerprint density at radius 1 is 0.773 bits per heavy atom. The second kappa shape index (κ2) is 13.4. The van der Waals surface area contributed by atoms with E-state index in [1.807, 2.05) is 30.3 Å². The number of unbranched alkanes of at least 4 members (excludes halogenated alkanes) is 10. The molecule has 1 rings (SSSR count). The Bertz CT molecular complexity index is 373. The lowest BCUT2D eigenvalue weighted by Crippen LogP contribution is -2.07. The molecule has 0 aliphatic carbocycles. The number of carbonyl (C=O) groups excluding carboxylic acids is 1. The van der Waals surface area contributed by atoms with Crippen LogP contribution in [-0.2, 0) is 4.79 Å². The number of ether oxygens (including phenoxy) is 1. The number of benzene rings is 1. The Labute approximate surface area is 136 Å². The maximum Gasteiger partial charge on any atom is 0.311 e. The minimum absolute atomic E-state index is 0.109. The van der Waals surface area contributed by atoms with Gasteiger partial charge in [-0.15, -0.1) is 0 Å². The summed E-state index contributed by atoms with van der Waals surface area (Å²) >= 11 is 0. The highest BCUT2D eigenvalue weighted by molar-refractivity contribution is 5.72. The van der Waals surface area contributed by atoms with Gasteiger partial charge in [0.25, 0.3) is 0 Å². The number of hydrogen-bond acceptors (Lipinski definition) is 2. The zero-order chi connectivity index (χ0) is 15.9. The van der Waals surface area contributed by atoms with Crippen LogP contribution in [0.4, 0.5) is 0 Å². The first-order valence-electron chi connectivity index (χ1n) is 9.08. The topological polar surface area (TPSA) is 26.3 Å².